The molecule has 0 bridgehead atoms. The van der Waals surface area contributed by atoms with Gasteiger partial charge in [0.25, 0.3) is 0 Å². The van der Waals surface area contributed by atoms with Gasteiger partial charge in [-0.3, -0.25) is 0 Å². The van der Waals surface area contributed by atoms with E-state index in [-0.39, 0.29) is 12.4 Å². The van der Waals surface area contributed by atoms with Gasteiger partial charge in [0.1, 0.15) is 0 Å². The van der Waals surface area contributed by atoms with Crippen molar-refractivity contribution in [1.82, 2.24) is 0 Å². The highest BCUT2D eigenvalue weighted by Gasteiger charge is 2.01. The summed E-state index contributed by atoms with van der Waals surface area (Å²) in [5.41, 5.74) is 0. The maximum absolute atomic E-state index is 10.6. The Morgan fingerprint density at radius 3 is 2.58 bits per heavy atom. The van der Waals surface area contributed by atoms with Crippen molar-refractivity contribution in [1.29, 1.82) is 0 Å². The summed E-state index contributed by atoms with van der Waals surface area (Å²) in [6.07, 6.45) is 2.17. The van der Waals surface area contributed by atoms with Crippen molar-refractivity contribution in [2.75, 3.05) is 12.4 Å². The molecule has 12 heavy (non-hydrogen) atoms. The van der Waals surface area contributed by atoms with E-state index in [1.165, 1.54) is 0 Å². The molecular formula is C6H9ClO4S. The van der Waals surface area contributed by atoms with Crippen molar-refractivity contribution in [2.45, 2.75) is 6.92 Å². The Kier molecular flexibility index (Phi) is 4.92. The molecule has 0 aliphatic carbocycles. The number of hydrogen-bond acceptors (Lipinski definition) is 4. The molecule has 0 aliphatic rings. The lowest BCUT2D eigenvalue weighted by molar-refractivity contribution is -0.137. The second-order valence-corrected chi connectivity index (χ2v) is 4.68. The van der Waals surface area contributed by atoms with Crippen LogP contribution in [0, 0.1) is 0 Å². The molecule has 0 N–H and O–H groups in total. The fourth-order valence-corrected chi connectivity index (χ4v) is 0.994. The first-order chi connectivity index (χ1) is 5.45. The molecule has 0 amide bonds. The summed E-state index contributed by atoms with van der Waals surface area (Å²) < 4.78 is 25.2. The minimum atomic E-state index is -3.56. The quantitative estimate of drug-likeness (QED) is 0.391. The molecule has 0 saturated carbocycles. The maximum Gasteiger partial charge on any atom is 0.330 e. The molecule has 6 heteroatoms. The van der Waals surface area contributed by atoms with Gasteiger partial charge in [-0.25, -0.2) is 13.2 Å². The van der Waals surface area contributed by atoms with E-state index < -0.39 is 15.0 Å². The van der Waals surface area contributed by atoms with Gasteiger partial charge < -0.3 is 4.74 Å². The van der Waals surface area contributed by atoms with Crippen molar-refractivity contribution in [3.05, 3.63) is 12.2 Å². The van der Waals surface area contributed by atoms with Crippen LogP contribution in [0.15, 0.2) is 12.2 Å². The molecule has 0 unspecified atom stereocenters. The van der Waals surface area contributed by atoms with E-state index in [1.807, 2.05) is 0 Å². The van der Waals surface area contributed by atoms with Crippen molar-refractivity contribution >= 4 is 25.7 Å². The van der Waals surface area contributed by atoms with Gasteiger partial charge in [0.15, 0.2) is 0 Å². The maximum atomic E-state index is 10.6. The average molecular weight is 213 g/mol. The lowest BCUT2D eigenvalue weighted by Gasteiger charge is -1.93. The van der Waals surface area contributed by atoms with E-state index in [1.54, 1.807) is 6.92 Å². The van der Waals surface area contributed by atoms with E-state index in [4.69, 9.17) is 10.7 Å². The molecule has 0 aliphatic heterocycles. The van der Waals surface area contributed by atoms with Crippen molar-refractivity contribution in [3.8, 4) is 0 Å². The lowest BCUT2D eigenvalue weighted by Crippen LogP contribution is -2.00. The highest BCUT2D eigenvalue weighted by Crippen LogP contribution is 1.96. The summed E-state index contributed by atoms with van der Waals surface area (Å²) >= 11 is 0. The topological polar surface area (TPSA) is 60.4 Å². The number of carbonyl (C=O) groups is 1. The molecule has 4 nitrogen and oxygen atoms in total. The van der Waals surface area contributed by atoms with Gasteiger partial charge in [0.05, 0.1) is 12.4 Å². The zero-order valence-corrected chi connectivity index (χ0v) is 8.06. The Hall–Kier alpha value is -0.550. The molecule has 70 valence electrons. The van der Waals surface area contributed by atoms with Crippen LogP contribution in [0.25, 0.3) is 0 Å². The zero-order valence-electron chi connectivity index (χ0n) is 6.49. The van der Waals surface area contributed by atoms with Crippen LogP contribution >= 0.6 is 10.7 Å². The Balaban J connectivity index is 3.85. The van der Waals surface area contributed by atoms with Gasteiger partial charge in [-0.1, -0.05) is 6.08 Å². The smallest absolute Gasteiger partial charge is 0.330 e. The third-order valence-corrected chi connectivity index (χ3v) is 1.80. The Morgan fingerprint density at radius 1 is 1.58 bits per heavy atom. The minimum absolute atomic E-state index is 0.261. The van der Waals surface area contributed by atoms with Gasteiger partial charge in [-0.2, -0.15) is 0 Å². The van der Waals surface area contributed by atoms with Crippen molar-refractivity contribution in [3.63, 3.8) is 0 Å². The largest absolute Gasteiger partial charge is 0.463 e. The Bertz CT molecular complexity index is 267. The number of carbonyl (C=O) groups excluding carboxylic acids is 1. The predicted octanol–water partition coefficient (Wildman–Crippen LogP) is 0.674. The van der Waals surface area contributed by atoms with Crippen LogP contribution in [0.3, 0.4) is 0 Å². The first-order valence-corrected chi connectivity index (χ1v) is 5.69. The van der Waals surface area contributed by atoms with Gasteiger partial charge in [-0.05, 0) is 6.92 Å². The summed E-state index contributed by atoms with van der Waals surface area (Å²) in [5, 5.41) is 0. The molecule has 0 saturated heterocycles. The standard InChI is InChI=1S/C6H9ClO4S/c1-2-11-6(8)4-3-5-12(7,9)10/h3-4H,2,5H2,1H3/b4-3+. The van der Waals surface area contributed by atoms with Gasteiger partial charge in [-0.15, -0.1) is 0 Å². The third-order valence-electron chi connectivity index (χ3n) is 0.836. The van der Waals surface area contributed by atoms with Gasteiger partial charge >= 0.3 is 5.97 Å². The molecule has 0 aromatic carbocycles. The zero-order chi connectivity index (χ0) is 9.61. The van der Waals surface area contributed by atoms with Crippen molar-refractivity contribution < 1.29 is 17.9 Å². The number of esters is 1. The molecule has 0 fully saturated rings. The molecule has 0 spiro atoms. The SMILES string of the molecule is CCOC(=O)/C=C/CS(=O)(=O)Cl. The van der Waals surface area contributed by atoms with E-state index >= 15 is 0 Å². The van der Waals surface area contributed by atoms with Crippen LogP contribution in [-0.4, -0.2) is 26.7 Å². The fraction of sp³-hybridized carbons (Fsp3) is 0.500. The predicted molar refractivity (Wildman–Crippen MR) is 45.4 cm³/mol. The summed E-state index contributed by atoms with van der Waals surface area (Å²) in [4.78, 5) is 10.6. The number of halogens is 1. The van der Waals surface area contributed by atoms with E-state index in [9.17, 15) is 13.2 Å². The van der Waals surface area contributed by atoms with Crippen molar-refractivity contribution in [2.24, 2.45) is 0 Å². The van der Waals surface area contributed by atoms with Gasteiger partial charge in [0.2, 0.25) is 9.05 Å². The number of hydrogen-bond donors (Lipinski definition) is 0. The number of ether oxygens (including phenoxy) is 1. The Morgan fingerprint density at radius 2 is 2.17 bits per heavy atom. The average Bonchev–Trinajstić information content (AvgIpc) is 1.84. The lowest BCUT2D eigenvalue weighted by atomic mass is 10.5. The van der Waals surface area contributed by atoms with Crippen LogP contribution in [0.2, 0.25) is 0 Å². The minimum Gasteiger partial charge on any atom is -0.463 e. The van der Waals surface area contributed by atoms with Crippen LogP contribution in [0.4, 0.5) is 0 Å². The van der Waals surface area contributed by atoms with E-state index in [0.29, 0.717) is 0 Å². The summed E-state index contributed by atoms with van der Waals surface area (Å²) in [6.45, 7) is 1.92. The fourth-order valence-electron chi connectivity index (χ4n) is 0.450. The normalized spacial score (nSPS) is 11.8. The molecule has 0 aromatic heterocycles. The highest BCUT2D eigenvalue weighted by atomic mass is 35.7. The summed E-state index contributed by atoms with van der Waals surface area (Å²) in [5.74, 6) is -0.939. The van der Waals surface area contributed by atoms with Crippen LogP contribution in [0.1, 0.15) is 6.92 Å². The molecule has 0 atom stereocenters. The molecule has 0 heterocycles. The molecule has 0 radical (unpaired) electrons. The summed E-state index contributed by atoms with van der Waals surface area (Å²) in [6, 6.07) is 0. The second kappa shape index (κ2) is 5.16. The molecule has 0 aromatic rings. The van der Waals surface area contributed by atoms with Crippen LogP contribution in [-0.2, 0) is 18.6 Å². The van der Waals surface area contributed by atoms with E-state index in [0.717, 1.165) is 12.2 Å². The Labute approximate surface area is 75.6 Å². The second-order valence-electron chi connectivity index (χ2n) is 1.86. The number of rotatable bonds is 4. The summed E-state index contributed by atoms with van der Waals surface area (Å²) in [7, 11) is 1.31. The monoisotopic (exact) mass is 212 g/mol. The van der Waals surface area contributed by atoms with E-state index in [2.05, 4.69) is 4.74 Å². The molecular weight excluding hydrogens is 204 g/mol. The van der Waals surface area contributed by atoms with Crippen LogP contribution < -0.4 is 0 Å². The third kappa shape index (κ3) is 7.56. The first kappa shape index (κ1) is 11.4. The highest BCUT2D eigenvalue weighted by molar-refractivity contribution is 8.13. The van der Waals surface area contributed by atoms with Crippen LogP contribution in [0.5, 0.6) is 0 Å². The van der Waals surface area contributed by atoms with Gasteiger partial charge in [0, 0.05) is 16.8 Å². The molecule has 0 rings (SSSR count). The first-order valence-electron chi connectivity index (χ1n) is 3.21.